The van der Waals surface area contributed by atoms with E-state index >= 15 is 0 Å². The van der Waals surface area contributed by atoms with Crippen LogP contribution in [-0.4, -0.2) is 31.5 Å². The second kappa shape index (κ2) is 7.39. The van der Waals surface area contributed by atoms with Crippen LogP contribution in [0.25, 0.3) is 0 Å². The fourth-order valence-corrected chi connectivity index (χ4v) is 3.75. The molecule has 1 aliphatic carbocycles. The maximum atomic E-state index is 13.9. The van der Waals surface area contributed by atoms with E-state index in [0.29, 0.717) is 18.9 Å². The molecule has 3 atom stereocenters. The molecule has 3 N–H and O–H groups in total. The van der Waals surface area contributed by atoms with E-state index in [9.17, 15) is 9.18 Å². The monoisotopic (exact) mass is 366 g/mol. The molecule has 1 amide bonds. The van der Waals surface area contributed by atoms with E-state index in [2.05, 4.69) is 20.9 Å². The van der Waals surface area contributed by atoms with Gasteiger partial charge in [0.1, 0.15) is 5.82 Å². The average molecular weight is 366 g/mol. The summed E-state index contributed by atoms with van der Waals surface area (Å²) in [5, 5.41) is 9.60. The zero-order chi connectivity index (χ0) is 18.8. The van der Waals surface area contributed by atoms with Gasteiger partial charge in [-0.1, -0.05) is 36.4 Å². The molecule has 1 heterocycles. The average Bonchev–Trinajstić information content (AvgIpc) is 3.44. The van der Waals surface area contributed by atoms with Gasteiger partial charge in [0.05, 0.1) is 0 Å². The number of nitrogens with one attached hydrogen (secondary N) is 3. The molecule has 5 nitrogen and oxygen atoms in total. The largest absolute Gasteiger partial charge is 0.356 e. The molecular formula is C21H23FN4O. The third-order valence-corrected chi connectivity index (χ3v) is 5.26. The fourth-order valence-electron chi connectivity index (χ4n) is 3.75. The van der Waals surface area contributed by atoms with Crippen molar-refractivity contribution in [3.63, 3.8) is 0 Å². The van der Waals surface area contributed by atoms with E-state index in [1.807, 2.05) is 36.4 Å². The number of carbonyl (C=O) groups is 1. The van der Waals surface area contributed by atoms with Crippen LogP contribution in [0.4, 0.5) is 10.1 Å². The van der Waals surface area contributed by atoms with Gasteiger partial charge in [0, 0.05) is 43.6 Å². The Morgan fingerprint density at radius 1 is 1.19 bits per heavy atom. The van der Waals surface area contributed by atoms with Crippen LogP contribution in [0.1, 0.15) is 35.8 Å². The lowest BCUT2D eigenvalue weighted by atomic mass is 9.90. The van der Waals surface area contributed by atoms with E-state index < -0.39 is 0 Å². The molecule has 0 radical (unpaired) electrons. The quantitative estimate of drug-likeness (QED) is 0.576. The summed E-state index contributed by atoms with van der Waals surface area (Å²) in [6, 6.07) is 15.0. The normalized spacial score (nSPS) is 24.0. The van der Waals surface area contributed by atoms with Crippen molar-refractivity contribution in [2.45, 2.75) is 30.7 Å². The molecule has 6 heteroatoms. The third-order valence-electron chi connectivity index (χ3n) is 5.26. The Kier molecular flexibility index (Phi) is 4.79. The van der Waals surface area contributed by atoms with Crippen LogP contribution < -0.4 is 16.0 Å². The molecular weight excluding hydrogens is 343 g/mol. The molecule has 1 fully saturated rings. The van der Waals surface area contributed by atoms with Crippen molar-refractivity contribution in [2.75, 3.05) is 18.9 Å². The van der Waals surface area contributed by atoms with E-state index in [1.165, 1.54) is 6.07 Å². The lowest BCUT2D eigenvalue weighted by Gasteiger charge is -2.26. The smallest absolute Gasteiger partial charge is 0.225 e. The van der Waals surface area contributed by atoms with Gasteiger partial charge in [-0.3, -0.25) is 9.79 Å². The van der Waals surface area contributed by atoms with E-state index in [-0.39, 0.29) is 29.6 Å². The first-order valence-electron chi connectivity index (χ1n) is 9.26. The Labute approximate surface area is 158 Å². The number of benzene rings is 2. The molecule has 2 aromatic rings. The number of fused-ring (bicyclic) bond motifs is 1. The number of guanidine groups is 1. The molecule has 2 aliphatic rings. The Morgan fingerprint density at radius 2 is 1.93 bits per heavy atom. The lowest BCUT2D eigenvalue weighted by molar-refractivity contribution is -0.116. The van der Waals surface area contributed by atoms with Gasteiger partial charge in [0.15, 0.2) is 5.96 Å². The molecule has 0 aromatic heterocycles. The molecule has 140 valence electrons. The first-order valence-corrected chi connectivity index (χ1v) is 9.26. The van der Waals surface area contributed by atoms with Crippen molar-refractivity contribution in [3.8, 4) is 0 Å². The topological polar surface area (TPSA) is 65.5 Å². The molecule has 3 unspecified atom stereocenters. The van der Waals surface area contributed by atoms with Crippen molar-refractivity contribution < 1.29 is 9.18 Å². The Balaban J connectivity index is 1.36. The standard InChI is InChI=1S/C21H23FN4O/c1-23-21(26-19-11-16(19)15-7-2-4-8-17(15)22)24-12-13-10-20(27)25-18-9-5-3-6-14(13)18/h2-9,13,16,19H,10-12H2,1H3,(H,25,27)(H2,23,24,26). The minimum absolute atomic E-state index is 0.0326. The van der Waals surface area contributed by atoms with Crippen LogP contribution in [0.3, 0.4) is 0 Å². The second-order valence-corrected chi connectivity index (χ2v) is 7.10. The number of para-hydroxylation sites is 1. The zero-order valence-corrected chi connectivity index (χ0v) is 15.2. The summed E-state index contributed by atoms with van der Waals surface area (Å²) in [7, 11) is 1.72. The minimum Gasteiger partial charge on any atom is -0.356 e. The molecule has 2 aromatic carbocycles. The predicted octanol–water partition coefficient (Wildman–Crippen LogP) is 2.97. The summed E-state index contributed by atoms with van der Waals surface area (Å²) >= 11 is 0. The lowest BCUT2D eigenvalue weighted by Crippen LogP contribution is -2.42. The number of amides is 1. The van der Waals surface area contributed by atoms with Gasteiger partial charge < -0.3 is 16.0 Å². The van der Waals surface area contributed by atoms with Crippen molar-refractivity contribution in [3.05, 3.63) is 65.5 Å². The number of rotatable bonds is 4. The van der Waals surface area contributed by atoms with E-state index in [4.69, 9.17) is 0 Å². The van der Waals surface area contributed by atoms with Crippen molar-refractivity contribution in [1.29, 1.82) is 0 Å². The summed E-state index contributed by atoms with van der Waals surface area (Å²) in [5.74, 6) is 0.827. The third kappa shape index (κ3) is 3.79. The highest BCUT2D eigenvalue weighted by atomic mass is 19.1. The highest BCUT2D eigenvalue weighted by Crippen LogP contribution is 2.41. The van der Waals surface area contributed by atoms with Gasteiger partial charge in [0.2, 0.25) is 5.91 Å². The predicted molar refractivity (Wildman–Crippen MR) is 104 cm³/mol. The van der Waals surface area contributed by atoms with Crippen LogP contribution in [0.15, 0.2) is 53.5 Å². The Morgan fingerprint density at radius 3 is 2.70 bits per heavy atom. The number of nitrogens with zero attached hydrogens (tertiary/aromatic N) is 1. The van der Waals surface area contributed by atoms with Crippen molar-refractivity contribution >= 4 is 17.6 Å². The summed E-state index contributed by atoms with van der Waals surface area (Å²) in [4.78, 5) is 16.2. The number of hydrogen-bond acceptors (Lipinski definition) is 2. The van der Waals surface area contributed by atoms with Crippen LogP contribution >= 0.6 is 0 Å². The van der Waals surface area contributed by atoms with E-state index in [1.54, 1.807) is 13.1 Å². The van der Waals surface area contributed by atoms with Crippen molar-refractivity contribution in [2.24, 2.45) is 4.99 Å². The van der Waals surface area contributed by atoms with Crippen LogP contribution in [-0.2, 0) is 4.79 Å². The maximum Gasteiger partial charge on any atom is 0.225 e. The minimum atomic E-state index is -0.153. The number of halogens is 1. The zero-order valence-electron chi connectivity index (χ0n) is 15.2. The van der Waals surface area contributed by atoms with Gasteiger partial charge in [-0.25, -0.2) is 4.39 Å². The fraction of sp³-hybridized carbons (Fsp3) is 0.333. The van der Waals surface area contributed by atoms with Gasteiger partial charge in [-0.15, -0.1) is 0 Å². The van der Waals surface area contributed by atoms with Crippen molar-refractivity contribution in [1.82, 2.24) is 10.6 Å². The number of carbonyl (C=O) groups excluding carboxylic acids is 1. The van der Waals surface area contributed by atoms with Gasteiger partial charge in [0.25, 0.3) is 0 Å². The summed E-state index contributed by atoms with van der Waals surface area (Å²) in [5.41, 5.74) is 2.77. The second-order valence-electron chi connectivity index (χ2n) is 7.10. The molecule has 4 rings (SSSR count). The number of anilines is 1. The molecule has 1 aliphatic heterocycles. The highest BCUT2D eigenvalue weighted by Gasteiger charge is 2.40. The van der Waals surface area contributed by atoms with Crippen LogP contribution in [0, 0.1) is 5.82 Å². The Hall–Kier alpha value is -2.89. The molecule has 1 saturated carbocycles. The summed E-state index contributed by atoms with van der Waals surface area (Å²) in [6.07, 6.45) is 1.33. The highest BCUT2D eigenvalue weighted by molar-refractivity contribution is 5.94. The number of hydrogen-bond donors (Lipinski definition) is 3. The van der Waals surface area contributed by atoms with Crippen LogP contribution in [0.2, 0.25) is 0 Å². The van der Waals surface area contributed by atoms with E-state index in [0.717, 1.165) is 23.2 Å². The molecule has 0 saturated heterocycles. The van der Waals surface area contributed by atoms with Gasteiger partial charge in [-0.2, -0.15) is 0 Å². The number of aliphatic imine (C=N–C) groups is 1. The molecule has 0 spiro atoms. The van der Waals surface area contributed by atoms with Gasteiger partial charge >= 0.3 is 0 Å². The first kappa shape index (κ1) is 17.5. The molecule has 0 bridgehead atoms. The summed E-state index contributed by atoms with van der Waals surface area (Å²) in [6.45, 7) is 0.612. The van der Waals surface area contributed by atoms with Crippen LogP contribution in [0.5, 0.6) is 0 Å². The molecule has 27 heavy (non-hydrogen) atoms. The summed E-state index contributed by atoms with van der Waals surface area (Å²) < 4.78 is 13.9. The first-order chi connectivity index (χ1) is 13.2. The maximum absolute atomic E-state index is 13.9. The Bertz CT molecular complexity index is 882. The van der Waals surface area contributed by atoms with Gasteiger partial charge in [-0.05, 0) is 29.7 Å². The SMILES string of the molecule is CN=C(NCC1CC(=O)Nc2ccccc21)NC1CC1c1ccccc1F.